The molecule has 1 aliphatic rings. The number of hydrogen-bond donors (Lipinski definition) is 1. The second-order valence-corrected chi connectivity index (χ2v) is 6.90. The molecule has 0 heterocycles. The number of rotatable bonds is 5. The summed E-state index contributed by atoms with van der Waals surface area (Å²) in [6.07, 6.45) is 4.39. The lowest BCUT2D eigenvalue weighted by molar-refractivity contribution is -0.118. The van der Waals surface area contributed by atoms with Gasteiger partial charge in [-0.3, -0.25) is 4.79 Å². The predicted molar refractivity (Wildman–Crippen MR) is 99.4 cm³/mol. The summed E-state index contributed by atoms with van der Waals surface area (Å²) >= 11 is 0. The zero-order chi connectivity index (χ0) is 16.9. The van der Waals surface area contributed by atoms with Crippen molar-refractivity contribution in [1.82, 2.24) is 5.32 Å². The summed E-state index contributed by atoms with van der Waals surface area (Å²) in [6.45, 7) is 4.57. The molecule has 126 valence electrons. The van der Waals surface area contributed by atoms with E-state index < -0.39 is 0 Å². The van der Waals surface area contributed by atoms with Crippen molar-refractivity contribution in [2.75, 3.05) is 6.54 Å². The minimum atomic E-state index is 0.0629. The third kappa shape index (κ3) is 3.87. The molecule has 2 nitrogen and oxygen atoms in total. The van der Waals surface area contributed by atoms with Crippen LogP contribution >= 0.6 is 0 Å². The lowest BCUT2D eigenvalue weighted by Gasteiger charge is -2.32. The maximum absolute atomic E-state index is 11.2. The monoisotopic (exact) mass is 321 g/mol. The summed E-state index contributed by atoms with van der Waals surface area (Å²) in [5, 5.41) is 2.97. The lowest BCUT2D eigenvalue weighted by atomic mass is 9.72. The van der Waals surface area contributed by atoms with Crippen LogP contribution in [0.25, 0.3) is 0 Å². The summed E-state index contributed by atoms with van der Waals surface area (Å²) in [5.74, 6) is 1.17. The van der Waals surface area contributed by atoms with Gasteiger partial charge in [-0.15, -0.1) is 0 Å². The second kappa shape index (κ2) is 7.65. The normalized spacial score (nSPS) is 19.6. The third-order valence-corrected chi connectivity index (χ3v) is 5.23. The van der Waals surface area contributed by atoms with Crippen molar-refractivity contribution in [3.8, 4) is 0 Å². The van der Waals surface area contributed by atoms with E-state index in [9.17, 15) is 4.79 Å². The molecule has 2 atom stereocenters. The molecule has 0 radical (unpaired) electrons. The average molecular weight is 321 g/mol. The van der Waals surface area contributed by atoms with Crippen molar-refractivity contribution < 1.29 is 4.79 Å². The smallest absolute Gasteiger partial charge is 0.216 e. The Morgan fingerprint density at radius 3 is 2.67 bits per heavy atom. The molecular formula is C22H27NO. The van der Waals surface area contributed by atoms with Crippen molar-refractivity contribution in [3.63, 3.8) is 0 Å². The summed E-state index contributed by atoms with van der Waals surface area (Å²) in [6, 6.07) is 17.9. The van der Waals surface area contributed by atoms with Gasteiger partial charge >= 0.3 is 0 Å². The van der Waals surface area contributed by atoms with Crippen LogP contribution in [0.2, 0.25) is 0 Å². The van der Waals surface area contributed by atoms with Crippen LogP contribution in [0.1, 0.15) is 60.8 Å². The van der Waals surface area contributed by atoms with Crippen molar-refractivity contribution in [3.05, 3.63) is 70.8 Å². The van der Waals surface area contributed by atoms with E-state index >= 15 is 0 Å². The number of benzene rings is 2. The third-order valence-electron chi connectivity index (χ3n) is 5.23. The first-order chi connectivity index (χ1) is 11.7. The Labute approximate surface area is 145 Å². The van der Waals surface area contributed by atoms with Crippen LogP contribution in [0.3, 0.4) is 0 Å². The number of hydrogen-bond acceptors (Lipinski definition) is 1. The van der Waals surface area contributed by atoms with Gasteiger partial charge in [-0.25, -0.2) is 0 Å². The number of carbonyl (C=O) groups excluding carboxylic acids is 1. The highest BCUT2D eigenvalue weighted by Gasteiger charge is 2.27. The van der Waals surface area contributed by atoms with Gasteiger partial charge in [-0.05, 0) is 59.8 Å². The molecule has 3 rings (SSSR count). The molecule has 0 aliphatic heterocycles. The van der Waals surface area contributed by atoms with Gasteiger partial charge in [-0.2, -0.15) is 0 Å². The number of aryl methyl sites for hydroxylation is 1. The van der Waals surface area contributed by atoms with E-state index in [2.05, 4.69) is 60.8 Å². The van der Waals surface area contributed by atoms with E-state index in [1.807, 2.05) is 0 Å². The quantitative estimate of drug-likeness (QED) is 0.857. The SMILES string of the molecule is CCc1ccc2c(c1)C(CCNC(C)=O)CC(c1ccccc1)C2. The van der Waals surface area contributed by atoms with Crippen LogP contribution in [0.5, 0.6) is 0 Å². The number of carbonyl (C=O) groups is 1. The van der Waals surface area contributed by atoms with E-state index in [1.54, 1.807) is 6.92 Å². The molecule has 0 saturated heterocycles. The molecule has 1 amide bonds. The van der Waals surface area contributed by atoms with Crippen LogP contribution in [-0.4, -0.2) is 12.5 Å². The molecule has 1 N–H and O–H groups in total. The van der Waals surface area contributed by atoms with E-state index in [0.29, 0.717) is 11.8 Å². The van der Waals surface area contributed by atoms with Gasteiger partial charge in [0.05, 0.1) is 0 Å². The molecule has 0 bridgehead atoms. The number of amides is 1. The average Bonchev–Trinajstić information content (AvgIpc) is 2.61. The van der Waals surface area contributed by atoms with Crippen molar-refractivity contribution in [2.24, 2.45) is 0 Å². The van der Waals surface area contributed by atoms with Gasteiger partial charge in [0.15, 0.2) is 0 Å². The summed E-state index contributed by atoms with van der Waals surface area (Å²) in [5.41, 5.74) is 5.84. The fraction of sp³-hybridized carbons (Fsp3) is 0.409. The molecule has 24 heavy (non-hydrogen) atoms. The van der Waals surface area contributed by atoms with E-state index in [1.165, 1.54) is 28.7 Å². The number of nitrogens with one attached hydrogen (secondary N) is 1. The second-order valence-electron chi connectivity index (χ2n) is 6.90. The maximum atomic E-state index is 11.2. The van der Waals surface area contributed by atoms with Crippen LogP contribution in [0.4, 0.5) is 0 Å². The Kier molecular flexibility index (Phi) is 5.34. The van der Waals surface area contributed by atoms with Crippen molar-refractivity contribution in [2.45, 2.75) is 51.4 Å². The fourth-order valence-corrected chi connectivity index (χ4v) is 3.92. The molecule has 0 aromatic heterocycles. The Balaban J connectivity index is 1.85. The zero-order valence-electron chi connectivity index (χ0n) is 14.7. The molecule has 1 aliphatic carbocycles. The Hall–Kier alpha value is -2.09. The molecule has 2 unspecified atom stereocenters. The molecule has 0 spiro atoms. The minimum absolute atomic E-state index is 0.0629. The molecule has 2 heteroatoms. The van der Waals surface area contributed by atoms with Gasteiger partial charge in [0.1, 0.15) is 0 Å². The van der Waals surface area contributed by atoms with Gasteiger partial charge < -0.3 is 5.32 Å². The first-order valence-electron chi connectivity index (χ1n) is 9.08. The minimum Gasteiger partial charge on any atom is -0.356 e. The highest BCUT2D eigenvalue weighted by atomic mass is 16.1. The first-order valence-corrected chi connectivity index (χ1v) is 9.08. The molecule has 2 aromatic carbocycles. The lowest BCUT2D eigenvalue weighted by Crippen LogP contribution is -2.25. The van der Waals surface area contributed by atoms with Crippen LogP contribution in [0, 0.1) is 0 Å². The van der Waals surface area contributed by atoms with Crippen LogP contribution < -0.4 is 5.32 Å². The van der Waals surface area contributed by atoms with E-state index in [-0.39, 0.29) is 5.91 Å². The fourth-order valence-electron chi connectivity index (χ4n) is 3.92. The van der Waals surface area contributed by atoms with Gasteiger partial charge in [0, 0.05) is 13.5 Å². The van der Waals surface area contributed by atoms with Gasteiger partial charge in [0.25, 0.3) is 0 Å². The standard InChI is InChI=1S/C22H27NO/c1-3-17-9-10-19-14-21(18-7-5-4-6-8-18)15-20(22(19)13-17)11-12-23-16(2)24/h4-10,13,20-21H,3,11-12,14-15H2,1-2H3,(H,23,24). The summed E-state index contributed by atoms with van der Waals surface area (Å²) in [4.78, 5) is 11.2. The highest BCUT2D eigenvalue weighted by molar-refractivity contribution is 5.72. The zero-order valence-corrected chi connectivity index (χ0v) is 14.7. The maximum Gasteiger partial charge on any atom is 0.216 e. The number of fused-ring (bicyclic) bond motifs is 1. The van der Waals surface area contributed by atoms with Gasteiger partial charge in [-0.1, -0.05) is 55.5 Å². The van der Waals surface area contributed by atoms with Crippen molar-refractivity contribution >= 4 is 5.91 Å². The Morgan fingerprint density at radius 2 is 1.96 bits per heavy atom. The highest BCUT2D eigenvalue weighted by Crippen LogP contribution is 2.41. The van der Waals surface area contributed by atoms with Crippen LogP contribution in [-0.2, 0) is 17.6 Å². The van der Waals surface area contributed by atoms with Crippen LogP contribution in [0.15, 0.2) is 48.5 Å². The van der Waals surface area contributed by atoms with E-state index in [0.717, 1.165) is 25.8 Å². The molecule has 2 aromatic rings. The molecular weight excluding hydrogens is 294 g/mol. The topological polar surface area (TPSA) is 29.1 Å². The summed E-state index contributed by atoms with van der Waals surface area (Å²) in [7, 11) is 0. The first kappa shape index (κ1) is 16.8. The van der Waals surface area contributed by atoms with Gasteiger partial charge in [0.2, 0.25) is 5.91 Å². The largest absolute Gasteiger partial charge is 0.356 e. The van der Waals surface area contributed by atoms with Crippen molar-refractivity contribution in [1.29, 1.82) is 0 Å². The Morgan fingerprint density at radius 1 is 1.17 bits per heavy atom. The van der Waals surface area contributed by atoms with E-state index in [4.69, 9.17) is 0 Å². The molecule has 0 fully saturated rings. The predicted octanol–water partition coefficient (Wildman–Crippen LogP) is 4.59. The molecule has 0 saturated carbocycles. The Bertz CT molecular complexity index is 692. The summed E-state index contributed by atoms with van der Waals surface area (Å²) < 4.78 is 0.